The van der Waals surface area contributed by atoms with Gasteiger partial charge in [-0.3, -0.25) is 4.99 Å². The quantitative estimate of drug-likeness (QED) is 0.193. The van der Waals surface area contributed by atoms with E-state index in [9.17, 15) is 0 Å². The molecule has 10 rings (SSSR count). The number of thiophene rings is 1. The highest BCUT2D eigenvalue weighted by Crippen LogP contribution is 2.42. The van der Waals surface area contributed by atoms with Crippen molar-refractivity contribution in [3.8, 4) is 16.8 Å². The van der Waals surface area contributed by atoms with Crippen LogP contribution >= 0.6 is 11.3 Å². The number of anilines is 1. The predicted molar refractivity (Wildman–Crippen MR) is 231 cm³/mol. The van der Waals surface area contributed by atoms with Gasteiger partial charge in [0, 0.05) is 37.8 Å². The monoisotopic (exact) mass is 715 g/mol. The number of rotatable bonds is 4. The van der Waals surface area contributed by atoms with Gasteiger partial charge in [0.15, 0.2) is 0 Å². The van der Waals surface area contributed by atoms with Crippen LogP contribution in [0.4, 0.5) is 5.69 Å². The van der Waals surface area contributed by atoms with Crippen LogP contribution < -0.4 is 5.32 Å². The molecule has 1 atom stereocenters. The number of hydrogen-bond acceptors (Lipinski definition) is 3. The first kappa shape index (κ1) is 32.7. The Morgan fingerprint density at radius 3 is 2.39 bits per heavy atom. The van der Waals surface area contributed by atoms with Crippen LogP contribution in [0.3, 0.4) is 0 Å². The molecule has 3 heterocycles. The molecular formula is C50H41N3S. The van der Waals surface area contributed by atoms with Crippen molar-refractivity contribution in [2.75, 3.05) is 5.32 Å². The Balaban J connectivity index is 1.01. The number of nitrogens with zero attached hydrogens (tertiary/aromatic N) is 2. The third-order valence-corrected chi connectivity index (χ3v) is 12.5. The highest BCUT2D eigenvalue weighted by atomic mass is 32.1. The Morgan fingerprint density at radius 2 is 1.48 bits per heavy atom. The van der Waals surface area contributed by atoms with Crippen LogP contribution in [0.5, 0.6) is 0 Å². The Bertz CT molecular complexity index is 2630. The van der Waals surface area contributed by atoms with Crippen molar-refractivity contribution in [3.05, 3.63) is 195 Å². The van der Waals surface area contributed by atoms with E-state index in [-0.39, 0.29) is 6.17 Å². The summed E-state index contributed by atoms with van der Waals surface area (Å²) in [6.45, 7) is 4.26. The molecule has 262 valence electrons. The van der Waals surface area contributed by atoms with E-state index in [1.807, 2.05) is 11.3 Å². The zero-order valence-electron chi connectivity index (χ0n) is 30.3. The first-order valence-corrected chi connectivity index (χ1v) is 20.0. The Morgan fingerprint density at radius 1 is 0.667 bits per heavy atom. The molecule has 1 unspecified atom stereocenters. The predicted octanol–water partition coefficient (Wildman–Crippen LogP) is 12.9. The second-order valence-corrected chi connectivity index (χ2v) is 15.6. The van der Waals surface area contributed by atoms with Gasteiger partial charge in [-0.25, -0.2) is 0 Å². The summed E-state index contributed by atoms with van der Waals surface area (Å²) in [4.78, 5) is 6.81. The summed E-state index contributed by atoms with van der Waals surface area (Å²) in [5, 5.41) is 5.15. The lowest BCUT2D eigenvalue weighted by Crippen LogP contribution is -2.20. The first-order chi connectivity index (χ1) is 26.7. The molecule has 3 nitrogen and oxygen atoms in total. The maximum Gasteiger partial charge on any atom is 0.145 e. The van der Waals surface area contributed by atoms with Crippen molar-refractivity contribution in [1.29, 1.82) is 0 Å². The number of para-hydroxylation sites is 1. The minimum atomic E-state index is -0.211. The highest BCUT2D eigenvalue weighted by Gasteiger charge is 2.25. The molecule has 0 amide bonds. The van der Waals surface area contributed by atoms with Crippen molar-refractivity contribution < 1.29 is 0 Å². The maximum atomic E-state index is 5.40. The lowest BCUT2D eigenvalue weighted by Gasteiger charge is -2.26. The number of fused-ring (bicyclic) bond motifs is 7. The van der Waals surface area contributed by atoms with Crippen molar-refractivity contribution in [2.45, 2.75) is 44.7 Å². The molecule has 0 radical (unpaired) electrons. The topological polar surface area (TPSA) is 29.3 Å². The number of aromatic nitrogens is 1. The Labute approximate surface area is 321 Å². The Kier molecular flexibility index (Phi) is 8.34. The van der Waals surface area contributed by atoms with Crippen LogP contribution in [-0.4, -0.2) is 10.3 Å². The Hall–Kier alpha value is -5.97. The average molecular weight is 716 g/mol. The average Bonchev–Trinajstić information content (AvgIpc) is 3.63. The van der Waals surface area contributed by atoms with Gasteiger partial charge in [0.25, 0.3) is 0 Å². The third kappa shape index (κ3) is 5.78. The standard InChI is InChI=1S/C50H41N3S/c1-33-13-4-2-5-15-40-39-14-6-3-7-21-45(39)53(46(40)32-23-33)37-30-28-36(29-31-37)50-51-44-20-10-8-17-43(44)48(52-50)35-26-24-34(25-27-35)38-18-12-19-42-41-16-9-11-22-47(41)54-49(38)42/h2,4-5,7-8,10-13,17-32,50-51H,1,3,6,9,14-16H2/b5-2-,13-4-,32-23-. The minimum Gasteiger partial charge on any atom is -0.360 e. The molecule has 0 fully saturated rings. The van der Waals surface area contributed by atoms with E-state index < -0.39 is 0 Å². The summed E-state index contributed by atoms with van der Waals surface area (Å²) < 4.78 is 3.83. The number of allylic oxidation sites excluding steroid dienone is 8. The van der Waals surface area contributed by atoms with Gasteiger partial charge >= 0.3 is 0 Å². The lowest BCUT2D eigenvalue weighted by atomic mass is 9.94. The van der Waals surface area contributed by atoms with Crippen molar-refractivity contribution >= 4 is 51.1 Å². The fraction of sp³-hybridized carbons (Fsp3) is 0.140. The van der Waals surface area contributed by atoms with E-state index in [1.54, 1.807) is 0 Å². The molecule has 0 spiro atoms. The molecule has 6 aromatic rings. The molecule has 4 aromatic carbocycles. The summed E-state index contributed by atoms with van der Waals surface area (Å²) in [6.07, 6.45) is 28.6. The van der Waals surface area contributed by atoms with Gasteiger partial charge < -0.3 is 9.88 Å². The lowest BCUT2D eigenvalue weighted by molar-refractivity contribution is 0.827. The molecule has 4 aliphatic rings. The van der Waals surface area contributed by atoms with Gasteiger partial charge in [0.2, 0.25) is 0 Å². The zero-order valence-corrected chi connectivity index (χ0v) is 31.1. The van der Waals surface area contributed by atoms with Gasteiger partial charge in [0.1, 0.15) is 6.17 Å². The van der Waals surface area contributed by atoms with Crippen LogP contribution in [0.2, 0.25) is 0 Å². The number of aryl methyl sites for hydroxylation is 1. The number of benzene rings is 4. The zero-order chi connectivity index (χ0) is 36.0. The highest BCUT2D eigenvalue weighted by molar-refractivity contribution is 7.20. The SMILES string of the molecule is C=C1/C=C\C=C/Cc2c3c(n(-c4ccc(C5N=C(c6ccc(-c7cccc8c9c(sc78)C=CCC9)cc6)c6ccccc6N5)cc4)c2/C=C\1)C=CCCC3. The van der Waals surface area contributed by atoms with Gasteiger partial charge in [-0.05, 0) is 119 Å². The first-order valence-electron chi connectivity index (χ1n) is 19.2. The van der Waals surface area contributed by atoms with E-state index in [2.05, 4.69) is 168 Å². The van der Waals surface area contributed by atoms with Crippen LogP contribution in [0.25, 0.3) is 45.1 Å². The fourth-order valence-corrected chi connectivity index (χ4v) is 9.86. The number of aliphatic imine (C=N–C) groups is 1. The van der Waals surface area contributed by atoms with Crippen LogP contribution in [0, 0.1) is 0 Å². The summed E-state index contributed by atoms with van der Waals surface area (Å²) >= 11 is 1.92. The largest absolute Gasteiger partial charge is 0.360 e. The summed E-state index contributed by atoms with van der Waals surface area (Å²) in [6, 6.07) is 33.4. The minimum absolute atomic E-state index is 0.211. The molecule has 0 bridgehead atoms. The fourth-order valence-electron chi connectivity index (χ4n) is 8.54. The van der Waals surface area contributed by atoms with Gasteiger partial charge in [-0.1, -0.05) is 122 Å². The summed E-state index contributed by atoms with van der Waals surface area (Å²) in [7, 11) is 0. The van der Waals surface area contributed by atoms with E-state index in [0.29, 0.717) is 0 Å². The number of nitrogens with one attached hydrogen (secondary N) is 1. The van der Waals surface area contributed by atoms with E-state index >= 15 is 0 Å². The molecule has 0 saturated carbocycles. The van der Waals surface area contributed by atoms with Crippen LogP contribution in [0.15, 0.2) is 151 Å². The normalized spacial score (nSPS) is 19.1. The smallest absolute Gasteiger partial charge is 0.145 e. The van der Waals surface area contributed by atoms with Crippen LogP contribution in [0.1, 0.15) is 75.1 Å². The summed E-state index contributed by atoms with van der Waals surface area (Å²) in [5.74, 6) is 0. The summed E-state index contributed by atoms with van der Waals surface area (Å²) in [5.41, 5.74) is 17.1. The molecule has 2 aromatic heterocycles. The van der Waals surface area contributed by atoms with Crippen LogP contribution in [-0.2, 0) is 19.3 Å². The van der Waals surface area contributed by atoms with E-state index in [0.717, 1.165) is 71.5 Å². The molecule has 4 heteroatoms. The molecule has 54 heavy (non-hydrogen) atoms. The molecule has 0 saturated heterocycles. The third-order valence-electron chi connectivity index (χ3n) is 11.2. The van der Waals surface area contributed by atoms with Gasteiger partial charge in [-0.15, -0.1) is 11.3 Å². The molecular weight excluding hydrogens is 675 g/mol. The van der Waals surface area contributed by atoms with Crippen molar-refractivity contribution in [3.63, 3.8) is 0 Å². The van der Waals surface area contributed by atoms with Gasteiger partial charge in [-0.2, -0.15) is 0 Å². The maximum absolute atomic E-state index is 5.40. The van der Waals surface area contributed by atoms with Gasteiger partial charge in [0.05, 0.1) is 11.4 Å². The molecule has 3 aliphatic carbocycles. The van der Waals surface area contributed by atoms with Crippen molar-refractivity contribution in [2.24, 2.45) is 4.99 Å². The van der Waals surface area contributed by atoms with Crippen molar-refractivity contribution in [1.82, 2.24) is 4.57 Å². The van der Waals surface area contributed by atoms with E-state index in [1.165, 1.54) is 60.6 Å². The molecule has 1 N–H and O–H groups in total. The second kappa shape index (κ2) is 13.8. The second-order valence-electron chi connectivity index (χ2n) is 14.6. The molecule has 1 aliphatic heterocycles. The van der Waals surface area contributed by atoms with E-state index in [4.69, 9.17) is 4.99 Å². The number of hydrogen-bond donors (Lipinski definition) is 1.